The van der Waals surface area contributed by atoms with Gasteiger partial charge in [-0.2, -0.15) is 13.2 Å². The molecule has 0 bridgehead atoms. The zero-order valence-corrected chi connectivity index (χ0v) is 22.0. The Hall–Kier alpha value is -3.17. The number of benzene rings is 2. The zero-order valence-electron chi connectivity index (χ0n) is 22.0. The van der Waals surface area contributed by atoms with Gasteiger partial charge in [-0.15, -0.1) is 0 Å². The fourth-order valence-corrected chi connectivity index (χ4v) is 5.52. The number of nitrogens with one attached hydrogen (secondary N) is 1. The number of ether oxygens (including phenoxy) is 1. The van der Waals surface area contributed by atoms with Crippen molar-refractivity contribution in [2.75, 3.05) is 38.2 Å². The number of hydrogen-bond donors (Lipinski definition) is 1. The molecule has 9 heteroatoms. The van der Waals surface area contributed by atoms with Gasteiger partial charge in [-0.1, -0.05) is 36.4 Å². The highest BCUT2D eigenvalue weighted by molar-refractivity contribution is 5.47. The van der Waals surface area contributed by atoms with E-state index in [4.69, 9.17) is 4.74 Å². The van der Waals surface area contributed by atoms with Gasteiger partial charge in [-0.25, -0.2) is 0 Å². The fraction of sp³-hybridized carbons (Fsp3) is 0.433. The van der Waals surface area contributed by atoms with Crippen molar-refractivity contribution in [3.63, 3.8) is 0 Å². The molecule has 208 valence electrons. The van der Waals surface area contributed by atoms with Gasteiger partial charge in [0.15, 0.2) is 0 Å². The molecule has 2 atom stereocenters. The van der Waals surface area contributed by atoms with Crippen molar-refractivity contribution in [3.8, 4) is 5.75 Å². The average Bonchev–Trinajstić information content (AvgIpc) is 2.89. The summed E-state index contributed by atoms with van der Waals surface area (Å²) < 4.78 is 59.3. The number of anilines is 1. The van der Waals surface area contributed by atoms with E-state index in [1.54, 1.807) is 6.20 Å². The molecule has 0 radical (unpaired) electrons. The van der Waals surface area contributed by atoms with Crippen LogP contribution in [0.2, 0.25) is 0 Å². The predicted octanol–water partition coefficient (Wildman–Crippen LogP) is 6.01. The van der Waals surface area contributed by atoms with E-state index in [-0.39, 0.29) is 18.8 Å². The maximum absolute atomic E-state index is 13.6. The minimum Gasteiger partial charge on any atom is -0.489 e. The summed E-state index contributed by atoms with van der Waals surface area (Å²) in [5.74, 6) is 0.696. The van der Waals surface area contributed by atoms with Gasteiger partial charge >= 0.3 is 6.18 Å². The van der Waals surface area contributed by atoms with Gasteiger partial charge in [0.05, 0.1) is 42.9 Å². The van der Waals surface area contributed by atoms with Gasteiger partial charge in [0, 0.05) is 25.7 Å². The fourth-order valence-electron chi connectivity index (χ4n) is 5.52. The van der Waals surface area contributed by atoms with Crippen LogP contribution in [0.3, 0.4) is 0 Å². The van der Waals surface area contributed by atoms with E-state index in [9.17, 15) is 17.6 Å². The third-order valence-corrected chi connectivity index (χ3v) is 7.43. The van der Waals surface area contributed by atoms with Gasteiger partial charge in [0.2, 0.25) is 0 Å². The second-order valence-electron chi connectivity index (χ2n) is 10.5. The van der Waals surface area contributed by atoms with Crippen LogP contribution in [-0.2, 0) is 13.0 Å². The van der Waals surface area contributed by atoms with Crippen LogP contribution < -0.4 is 10.1 Å². The highest BCUT2D eigenvalue weighted by Gasteiger charge is 2.41. The number of alkyl halides is 4. The summed E-state index contributed by atoms with van der Waals surface area (Å²) in [5, 5.41) is 3.42. The number of hydrogen-bond acceptors (Lipinski definition) is 5. The lowest BCUT2D eigenvalue weighted by molar-refractivity contribution is -0.155. The highest BCUT2D eigenvalue weighted by atomic mass is 19.4. The van der Waals surface area contributed by atoms with Gasteiger partial charge in [-0.05, 0) is 60.7 Å². The van der Waals surface area contributed by atoms with Crippen molar-refractivity contribution >= 4 is 5.69 Å². The molecule has 5 rings (SSSR count). The average molecular weight is 543 g/mol. The molecule has 0 aliphatic carbocycles. The van der Waals surface area contributed by atoms with Crippen LogP contribution in [0, 0.1) is 0 Å². The Labute approximate surface area is 226 Å². The summed E-state index contributed by atoms with van der Waals surface area (Å²) in [6.07, 6.45) is -1.60. The molecular weight excluding hydrogens is 508 g/mol. The van der Waals surface area contributed by atoms with Crippen LogP contribution in [0.4, 0.5) is 23.2 Å². The number of fused-ring (bicyclic) bond motifs is 1. The molecule has 39 heavy (non-hydrogen) atoms. The molecule has 2 aromatic carbocycles. The van der Waals surface area contributed by atoms with Crippen LogP contribution in [0.25, 0.3) is 0 Å². The number of rotatable bonds is 10. The van der Waals surface area contributed by atoms with E-state index in [1.807, 2.05) is 67.6 Å². The van der Waals surface area contributed by atoms with Gasteiger partial charge in [0.25, 0.3) is 0 Å². The van der Waals surface area contributed by atoms with Crippen molar-refractivity contribution in [1.82, 2.24) is 14.8 Å². The minimum atomic E-state index is -4.33. The molecule has 1 fully saturated rings. The number of aromatic nitrogens is 1. The molecule has 5 nitrogen and oxygen atoms in total. The summed E-state index contributed by atoms with van der Waals surface area (Å²) in [7, 11) is 0. The Morgan fingerprint density at radius 1 is 1.05 bits per heavy atom. The van der Waals surface area contributed by atoms with Crippen molar-refractivity contribution in [2.24, 2.45) is 0 Å². The van der Waals surface area contributed by atoms with E-state index in [1.165, 1.54) is 4.90 Å². The number of nitrogens with zero attached hydrogens (tertiary/aromatic N) is 3. The topological polar surface area (TPSA) is 40.6 Å². The monoisotopic (exact) mass is 542 g/mol. The van der Waals surface area contributed by atoms with Crippen LogP contribution in [0.15, 0.2) is 66.9 Å². The molecule has 0 amide bonds. The van der Waals surface area contributed by atoms with Crippen molar-refractivity contribution < 1.29 is 22.3 Å². The molecule has 2 aliphatic heterocycles. The van der Waals surface area contributed by atoms with E-state index in [0.29, 0.717) is 30.9 Å². The molecule has 3 heterocycles. The van der Waals surface area contributed by atoms with Crippen LogP contribution in [0.5, 0.6) is 5.75 Å². The van der Waals surface area contributed by atoms with E-state index < -0.39 is 18.8 Å². The van der Waals surface area contributed by atoms with Crippen LogP contribution in [0.1, 0.15) is 41.8 Å². The van der Waals surface area contributed by atoms with Crippen molar-refractivity contribution in [2.45, 2.75) is 50.7 Å². The largest absolute Gasteiger partial charge is 0.489 e. The molecule has 2 aliphatic rings. The van der Waals surface area contributed by atoms with Gasteiger partial charge in [-0.3, -0.25) is 19.2 Å². The van der Waals surface area contributed by atoms with E-state index >= 15 is 0 Å². The standard InChI is InChI=1S/C30H34F4N4O/c1-21-14-23-15-26(39-19-22-6-3-2-4-7-22)9-10-27(23)29(38(21)20-30(32,33)34)28-11-8-24(16-35-28)36-25-17-37(18-25)13-5-12-31/h2-4,6-11,15-16,21,25,29,36H,5,12-14,17-20H2,1H3/t21-,29+/m1/s1. The summed E-state index contributed by atoms with van der Waals surface area (Å²) >= 11 is 0. The van der Waals surface area contributed by atoms with E-state index in [0.717, 1.165) is 42.0 Å². The molecule has 0 saturated carbocycles. The van der Waals surface area contributed by atoms with Crippen molar-refractivity contribution in [3.05, 3.63) is 89.2 Å². The Morgan fingerprint density at radius 2 is 1.85 bits per heavy atom. The molecule has 0 unspecified atom stereocenters. The minimum absolute atomic E-state index is 0.253. The lowest BCUT2D eigenvalue weighted by Crippen LogP contribution is -2.54. The summed E-state index contributed by atoms with van der Waals surface area (Å²) in [5.41, 5.74) is 4.24. The molecule has 0 spiro atoms. The number of likely N-dealkylation sites (tertiary alicyclic amines) is 1. The Bertz CT molecular complexity index is 1220. The molecule has 1 N–H and O–H groups in total. The Kier molecular flexibility index (Phi) is 8.37. The van der Waals surface area contributed by atoms with Crippen LogP contribution >= 0.6 is 0 Å². The third-order valence-electron chi connectivity index (χ3n) is 7.43. The third kappa shape index (κ3) is 6.89. The Balaban J connectivity index is 1.34. The van der Waals surface area contributed by atoms with Gasteiger partial charge in [0.1, 0.15) is 12.4 Å². The maximum Gasteiger partial charge on any atom is 0.401 e. The lowest BCUT2D eigenvalue weighted by Gasteiger charge is -2.42. The first-order valence-electron chi connectivity index (χ1n) is 13.4. The second kappa shape index (κ2) is 11.9. The van der Waals surface area contributed by atoms with Crippen molar-refractivity contribution in [1.29, 1.82) is 0 Å². The van der Waals surface area contributed by atoms with Crippen LogP contribution in [-0.4, -0.2) is 65.9 Å². The second-order valence-corrected chi connectivity index (χ2v) is 10.5. The molecule has 3 aromatic rings. The zero-order chi connectivity index (χ0) is 27.4. The summed E-state index contributed by atoms with van der Waals surface area (Å²) in [6, 6.07) is 18.5. The SMILES string of the molecule is C[C@@H]1Cc2cc(OCc3ccccc3)ccc2[C@@H](c2ccc(NC3CN(CCCF)C3)cn2)N1CC(F)(F)F. The first-order chi connectivity index (χ1) is 18.8. The summed E-state index contributed by atoms with van der Waals surface area (Å²) in [4.78, 5) is 8.31. The molecule has 1 aromatic heterocycles. The normalized spacial score (nSPS) is 20.3. The lowest BCUT2D eigenvalue weighted by atomic mass is 9.86. The number of halogens is 4. The molecule has 1 saturated heterocycles. The molecular formula is C30H34F4N4O. The van der Waals surface area contributed by atoms with E-state index in [2.05, 4.69) is 15.2 Å². The smallest absolute Gasteiger partial charge is 0.401 e. The first-order valence-corrected chi connectivity index (χ1v) is 13.4. The maximum atomic E-state index is 13.6. The van der Waals surface area contributed by atoms with Gasteiger partial charge < -0.3 is 10.1 Å². The first kappa shape index (κ1) is 27.4. The predicted molar refractivity (Wildman–Crippen MR) is 144 cm³/mol. The number of pyridine rings is 1. The summed E-state index contributed by atoms with van der Waals surface area (Å²) in [6.45, 7) is 3.36. The Morgan fingerprint density at radius 3 is 2.54 bits per heavy atom. The highest BCUT2D eigenvalue weighted by Crippen LogP contribution is 2.40. The quantitative estimate of drug-likeness (QED) is 0.318.